The van der Waals surface area contributed by atoms with Gasteiger partial charge in [-0.1, -0.05) is 11.6 Å². The number of aromatic nitrogens is 2. The van der Waals surface area contributed by atoms with Crippen molar-refractivity contribution in [2.45, 2.75) is 31.8 Å². The average molecular weight is 297 g/mol. The predicted octanol–water partition coefficient (Wildman–Crippen LogP) is 0.922. The molecule has 1 N–H and O–H groups in total. The van der Waals surface area contributed by atoms with Crippen molar-refractivity contribution in [1.29, 1.82) is 0 Å². The molecule has 2 fully saturated rings. The smallest absolute Gasteiger partial charge is 0.245 e. The van der Waals surface area contributed by atoms with E-state index in [1.807, 2.05) is 11.8 Å². The lowest BCUT2D eigenvalue weighted by Crippen LogP contribution is -2.54. The fourth-order valence-electron chi connectivity index (χ4n) is 2.31. The molecular weight excluding hydrogens is 280 g/mol. The van der Waals surface area contributed by atoms with Gasteiger partial charge in [0.25, 0.3) is 0 Å². The van der Waals surface area contributed by atoms with E-state index < -0.39 is 0 Å². The van der Waals surface area contributed by atoms with Crippen LogP contribution in [0, 0.1) is 6.92 Å². The molecule has 1 atom stereocenters. The number of amides is 1. The lowest BCUT2D eigenvalue weighted by atomic mass is 10.2. The molecule has 2 heterocycles. The monoisotopic (exact) mass is 296 g/mol. The summed E-state index contributed by atoms with van der Waals surface area (Å²) in [7, 11) is 0. The van der Waals surface area contributed by atoms with Crippen LogP contribution in [0.5, 0.6) is 0 Å². The van der Waals surface area contributed by atoms with Crippen molar-refractivity contribution >= 4 is 23.3 Å². The maximum absolute atomic E-state index is 12.3. The van der Waals surface area contributed by atoms with Crippen molar-refractivity contribution in [3.8, 4) is 0 Å². The lowest BCUT2D eigenvalue weighted by Gasteiger charge is -2.36. The molecule has 1 saturated heterocycles. The Balaban J connectivity index is 1.84. The summed E-state index contributed by atoms with van der Waals surface area (Å²) >= 11 is 6.05. The van der Waals surface area contributed by atoms with Gasteiger partial charge in [0.1, 0.15) is 23.3 Å². The number of nitrogens with one attached hydrogen (secondary N) is 1. The van der Waals surface area contributed by atoms with Crippen molar-refractivity contribution in [2.75, 3.05) is 24.7 Å². The molecule has 1 aliphatic heterocycles. The van der Waals surface area contributed by atoms with Crippen LogP contribution in [0.15, 0.2) is 6.33 Å². The number of carbonyl (C=O) groups is 1. The van der Waals surface area contributed by atoms with Gasteiger partial charge in [0.2, 0.25) is 5.91 Å². The molecule has 1 saturated carbocycles. The van der Waals surface area contributed by atoms with Crippen molar-refractivity contribution in [3.05, 3.63) is 17.0 Å². The highest BCUT2D eigenvalue weighted by Gasteiger charge is 2.34. The van der Waals surface area contributed by atoms with Crippen LogP contribution in [-0.4, -0.2) is 47.7 Å². The molecule has 1 aliphatic carbocycles. The van der Waals surface area contributed by atoms with E-state index in [1.54, 1.807) is 0 Å². The first-order chi connectivity index (χ1) is 9.66. The van der Waals surface area contributed by atoms with Gasteiger partial charge in [-0.05, 0) is 19.8 Å². The molecule has 1 unspecified atom stereocenters. The number of carbonyl (C=O) groups excluding carboxylic acids is 1. The summed E-state index contributed by atoms with van der Waals surface area (Å²) in [5, 5.41) is 3.44. The summed E-state index contributed by atoms with van der Waals surface area (Å²) in [6.07, 6.45) is 3.56. The van der Waals surface area contributed by atoms with Crippen LogP contribution < -0.4 is 10.2 Å². The minimum absolute atomic E-state index is 0.00124. The van der Waals surface area contributed by atoms with Crippen LogP contribution >= 0.6 is 11.6 Å². The zero-order valence-electron chi connectivity index (χ0n) is 11.3. The average Bonchev–Trinajstić information content (AvgIpc) is 3.26. The number of hydrogen-bond donors (Lipinski definition) is 1. The molecule has 20 heavy (non-hydrogen) atoms. The van der Waals surface area contributed by atoms with Crippen LogP contribution in [0.1, 0.15) is 18.4 Å². The molecule has 0 radical (unpaired) electrons. The Hall–Kier alpha value is -1.40. The fourth-order valence-corrected chi connectivity index (χ4v) is 2.44. The van der Waals surface area contributed by atoms with Crippen LogP contribution in [0.25, 0.3) is 0 Å². The van der Waals surface area contributed by atoms with Gasteiger partial charge in [-0.3, -0.25) is 4.79 Å². The van der Waals surface area contributed by atoms with Gasteiger partial charge >= 0.3 is 0 Å². The Morgan fingerprint density at radius 3 is 3.05 bits per heavy atom. The van der Waals surface area contributed by atoms with E-state index in [2.05, 4.69) is 15.3 Å². The van der Waals surface area contributed by atoms with Crippen molar-refractivity contribution < 1.29 is 9.53 Å². The van der Waals surface area contributed by atoms with Gasteiger partial charge < -0.3 is 15.0 Å². The third-order valence-corrected chi connectivity index (χ3v) is 4.00. The third-order valence-electron chi connectivity index (χ3n) is 3.62. The number of hydrogen-bond acceptors (Lipinski definition) is 5. The summed E-state index contributed by atoms with van der Waals surface area (Å²) < 4.78 is 5.45. The first kappa shape index (κ1) is 13.6. The van der Waals surface area contributed by atoms with Gasteiger partial charge in [-0.15, -0.1) is 0 Å². The summed E-state index contributed by atoms with van der Waals surface area (Å²) in [6, 6.07) is -0.0182. The molecule has 1 aromatic rings. The number of halogens is 1. The number of anilines is 1. The van der Waals surface area contributed by atoms with E-state index in [9.17, 15) is 4.79 Å². The molecule has 108 valence electrons. The molecule has 0 bridgehead atoms. The lowest BCUT2D eigenvalue weighted by molar-refractivity contribution is -0.124. The van der Waals surface area contributed by atoms with Gasteiger partial charge in [0, 0.05) is 18.2 Å². The van der Waals surface area contributed by atoms with Gasteiger partial charge in [0.15, 0.2) is 0 Å². The third kappa shape index (κ3) is 2.71. The van der Waals surface area contributed by atoms with Crippen molar-refractivity contribution in [3.63, 3.8) is 0 Å². The minimum Gasteiger partial charge on any atom is -0.377 e. The SMILES string of the molecule is Cc1c(Cl)ncnc1N1CCOCC1C(=O)NC1CC1. The summed E-state index contributed by atoms with van der Waals surface area (Å²) in [4.78, 5) is 22.5. The first-order valence-corrected chi connectivity index (χ1v) is 7.16. The molecule has 1 amide bonds. The maximum atomic E-state index is 12.3. The molecular formula is C13H17ClN4O2. The quantitative estimate of drug-likeness (QED) is 0.840. The zero-order valence-corrected chi connectivity index (χ0v) is 12.1. The van der Waals surface area contributed by atoms with E-state index in [4.69, 9.17) is 16.3 Å². The molecule has 2 aliphatic rings. The highest BCUT2D eigenvalue weighted by atomic mass is 35.5. The summed E-state index contributed by atoms with van der Waals surface area (Å²) in [5.41, 5.74) is 0.792. The van der Waals surface area contributed by atoms with Gasteiger partial charge in [0.05, 0.1) is 13.2 Å². The largest absolute Gasteiger partial charge is 0.377 e. The second-order valence-electron chi connectivity index (χ2n) is 5.18. The van der Waals surface area contributed by atoms with Crippen LogP contribution in [0.3, 0.4) is 0 Å². The molecule has 7 heteroatoms. The molecule has 3 rings (SSSR count). The Labute approximate surface area is 122 Å². The van der Waals surface area contributed by atoms with Crippen LogP contribution in [0.2, 0.25) is 5.15 Å². The van der Waals surface area contributed by atoms with E-state index in [-0.39, 0.29) is 11.9 Å². The second kappa shape index (κ2) is 5.54. The number of nitrogens with zero attached hydrogens (tertiary/aromatic N) is 3. The number of ether oxygens (including phenoxy) is 1. The molecule has 0 aromatic carbocycles. The van der Waals surface area contributed by atoms with Crippen LogP contribution in [0.4, 0.5) is 5.82 Å². The van der Waals surface area contributed by atoms with Gasteiger partial charge in [-0.2, -0.15) is 0 Å². The predicted molar refractivity (Wildman–Crippen MR) is 74.9 cm³/mol. The van der Waals surface area contributed by atoms with E-state index in [1.165, 1.54) is 6.33 Å². The van der Waals surface area contributed by atoms with Gasteiger partial charge in [-0.25, -0.2) is 9.97 Å². The van der Waals surface area contributed by atoms with Crippen molar-refractivity contribution in [2.24, 2.45) is 0 Å². The molecule has 6 nitrogen and oxygen atoms in total. The highest BCUT2D eigenvalue weighted by molar-refractivity contribution is 6.30. The highest BCUT2D eigenvalue weighted by Crippen LogP contribution is 2.26. The molecule has 1 aromatic heterocycles. The number of rotatable bonds is 3. The summed E-state index contributed by atoms with van der Waals surface area (Å²) in [5.74, 6) is 0.714. The second-order valence-corrected chi connectivity index (χ2v) is 5.54. The fraction of sp³-hybridized carbons (Fsp3) is 0.615. The van der Waals surface area contributed by atoms with Crippen molar-refractivity contribution in [1.82, 2.24) is 15.3 Å². The zero-order chi connectivity index (χ0) is 14.1. The van der Waals surface area contributed by atoms with E-state index in [0.717, 1.165) is 18.4 Å². The maximum Gasteiger partial charge on any atom is 0.245 e. The van der Waals surface area contributed by atoms with E-state index >= 15 is 0 Å². The Morgan fingerprint density at radius 1 is 1.50 bits per heavy atom. The van der Waals surface area contributed by atoms with Crippen LogP contribution in [-0.2, 0) is 9.53 Å². The topological polar surface area (TPSA) is 67.3 Å². The Kier molecular flexibility index (Phi) is 3.76. The first-order valence-electron chi connectivity index (χ1n) is 6.78. The van der Waals surface area contributed by atoms with E-state index in [0.29, 0.717) is 36.8 Å². The number of morpholine rings is 1. The summed E-state index contributed by atoms with van der Waals surface area (Å²) in [6.45, 7) is 3.44. The Bertz CT molecular complexity index is 521. The molecule has 0 spiro atoms. The minimum atomic E-state index is -0.353. The Morgan fingerprint density at radius 2 is 2.30 bits per heavy atom. The normalized spacial score (nSPS) is 22.7. The standard InChI is InChI=1S/C13H17ClN4O2/c1-8-11(14)15-7-16-12(8)18-4-5-20-6-10(18)13(19)17-9-2-3-9/h7,9-10H,2-6H2,1H3,(H,17,19).